The quantitative estimate of drug-likeness (QED) is 0.782. The van der Waals surface area contributed by atoms with E-state index in [1.807, 2.05) is 18.2 Å². The van der Waals surface area contributed by atoms with Crippen LogP contribution in [-0.4, -0.2) is 41.1 Å². The molecule has 1 fully saturated rings. The predicted octanol–water partition coefficient (Wildman–Crippen LogP) is 2.37. The van der Waals surface area contributed by atoms with E-state index in [9.17, 15) is 9.59 Å². The summed E-state index contributed by atoms with van der Waals surface area (Å²) in [4.78, 5) is 26.4. The van der Waals surface area contributed by atoms with Gasteiger partial charge < -0.3 is 14.6 Å². The summed E-state index contributed by atoms with van der Waals surface area (Å²) in [6.45, 7) is 5.51. The molecule has 3 rings (SSSR count). The molecule has 2 aromatic rings. The van der Waals surface area contributed by atoms with Gasteiger partial charge in [0.15, 0.2) is 5.58 Å². The molecule has 6 heteroatoms. The van der Waals surface area contributed by atoms with E-state index in [4.69, 9.17) is 4.42 Å². The Morgan fingerprint density at radius 2 is 2.12 bits per heavy atom. The number of nitrogens with zero attached hydrogens (tertiary/aromatic N) is 2. The third kappa shape index (κ3) is 4.51. The molecule has 1 aliphatic heterocycles. The molecule has 0 spiro atoms. The highest BCUT2D eigenvalue weighted by atomic mass is 16.4. The SMILES string of the molecule is CC1CCCCN1CCCNC(=O)CCn1c(=O)oc2ccccc21. The highest BCUT2D eigenvalue weighted by molar-refractivity contribution is 5.76. The van der Waals surface area contributed by atoms with Gasteiger partial charge in [0.25, 0.3) is 0 Å². The van der Waals surface area contributed by atoms with E-state index in [1.165, 1.54) is 30.4 Å². The van der Waals surface area contributed by atoms with E-state index in [0.717, 1.165) is 18.5 Å². The molecule has 1 atom stereocenters. The lowest BCUT2D eigenvalue weighted by Gasteiger charge is -2.33. The number of piperidine rings is 1. The van der Waals surface area contributed by atoms with Gasteiger partial charge in [-0.2, -0.15) is 0 Å². The topological polar surface area (TPSA) is 67.5 Å². The van der Waals surface area contributed by atoms with Crippen molar-refractivity contribution < 1.29 is 9.21 Å². The Bertz CT molecular complexity index is 765. The van der Waals surface area contributed by atoms with Gasteiger partial charge in [0.1, 0.15) is 0 Å². The second-order valence-corrected chi connectivity index (χ2v) is 6.82. The number of oxazole rings is 1. The first kappa shape index (κ1) is 17.7. The smallest absolute Gasteiger partial charge is 0.408 e. The summed E-state index contributed by atoms with van der Waals surface area (Å²) in [6.07, 6.45) is 5.13. The van der Waals surface area contributed by atoms with Crippen LogP contribution in [0.5, 0.6) is 0 Å². The third-order valence-corrected chi connectivity index (χ3v) is 5.02. The molecule has 6 nitrogen and oxygen atoms in total. The predicted molar refractivity (Wildman–Crippen MR) is 97.6 cm³/mol. The number of benzene rings is 1. The van der Waals surface area contributed by atoms with Crippen LogP contribution in [0.2, 0.25) is 0 Å². The number of carbonyl (C=O) groups is 1. The fourth-order valence-corrected chi connectivity index (χ4v) is 3.53. The van der Waals surface area contributed by atoms with Gasteiger partial charge in [0, 0.05) is 32.1 Å². The zero-order valence-corrected chi connectivity index (χ0v) is 14.9. The lowest BCUT2D eigenvalue weighted by molar-refractivity contribution is -0.121. The van der Waals surface area contributed by atoms with Gasteiger partial charge in [-0.25, -0.2) is 4.79 Å². The van der Waals surface area contributed by atoms with E-state index in [2.05, 4.69) is 17.1 Å². The molecule has 2 heterocycles. The summed E-state index contributed by atoms with van der Waals surface area (Å²) >= 11 is 0. The van der Waals surface area contributed by atoms with Gasteiger partial charge >= 0.3 is 5.76 Å². The van der Waals surface area contributed by atoms with Crippen LogP contribution >= 0.6 is 0 Å². The Balaban J connectivity index is 1.41. The Kier molecular flexibility index (Phi) is 5.91. The average molecular weight is 345 g/mol. The number of rotatable bonds is 7. The van der Waals surface area contributed by atoms with Crippen LogP contribution in [0, 0.1) is 0 Å². The van der Waals surface area contributed by atoms with E-state index in [0.29, 0.717) is 24.7 Å². The number of hydrogen-bond acceptors (Lipinski definition) is 4. The first-order valence-electron chi connectivity index (χ1n) is 9.24. The number of fused-ring (bicyclic) bond motifs is 1. The molecule has 25 heavy (non-hydrogen) atoms. The van der Waals surface area contributed by atoms with Crippen molar-refractivity contribution in [2.45, 2.75) is 51.6 Å². The van der Waals surface area contributed by atoms with Gasteiger partial charge in [-0.05, 0) is 44.9 Å². The highest BCUT2D eigenvalue weighted by Gasteiger charge is 2.17. The molecule has 1 amide bonds. The molecule has 0 bridgehead atoms. The van der Waals surface area contributed by atoms with Crippen LogP contribution in [0.4, 0.5) is 0 Å². The number of likely N-dealkylation sites (tertiary alicyclic amines) is 1. The minimum absolute atomic E-state index is 0.0242. The van der Waals surface area contributed by atoms with E-state index in [1.54, 1.807) is 6.07 Å². The van der Waals surface area contributed by atoms with Crippen LogP contribution in [-0.2, 0) is 11.3 Å². The van der Waals surface area contributed by atoms with E-state index in [-0.39, 0.29) is 12.3 Å². The Labute approximate surface area is 147 Å². The maximum Gasteiger partial charge on any atom is 0.419 e. The van der Waals surface area contributed by atoms with Crippen LogP contribution in [0.1, 0.15) is 39.0 Å². The maximum absolute atomic E-state index is 12.0. The first-order chi connectivity index (χ1) is 12.1. The molecule has 0 radical (unpaired) electrons. The Hall–Kier alpha value is -2.08. The number of hydrogen-bond donors (Lipinski definition) is 1. The first-order valence-corrected chi connectivity index (χ1v) is 9.24. The van der Waals surface area contributed by atoms with Crippen molar-refractivity contribution in [1.82, 2.24) is 14.8 Å². The lowest BCUT2D eigenvalue weighted by atomic mass is 10.0. The van der Waals surface area contributed by atoms with Gasteiger partial charge in [-0.1, -0.05) is 18.6 Å². The minimum atomic E-state index is -0.409. The molecule has 136 valence electrons. The van der Waals surface area contributed by atoms with Crippen LogP contribution in [0.25, 0.3) is 11.1 Å². The summed E-state index contributed by atoms with van der Waals surface area (Å²) in [5.41, 5.74) is 1.29. The van der Waals surface area contributed by atoms with Crippen molar-refractivity contribution in [2.24, 2.45) is 0 Å². The molecule has 1 unspecified atom stereocenters. The zero-order chi connectivity index (χ0) is 17.6. The van der Waals surface area contributed by atoms with Gasteiger partial charge in [0.05, 0.1) is 5.52 Å². The molecule has 1 aliphatic rings. The van der Waals surface area contributed by atoms with Crippen molar-refractivity contribution in [3.63, 3.8) is 0 Å². The van der Waals surface area contributed by atoms with Crippen molar-refractivity contribution in [2.75, 3.05) is 19.6 Å². The largest absolute Gasteiger partial charge is 0.419 e. The summed E-state index contributed by atoms with van der Waals surface area (Å²) in [6, 6.07) is 7.93. The van der Waals surface area contributed by atoms with Gasteiger partial charge in [0.2, 0.25) is 5.91 Å². The van der Waals surface area contributed by atoms with Crippen LogP contribution in [0.3, 0.4) is 0 Å². The molecule has 0 aliphatic carbocycles. The van der Waals surface area contributed by atoms with Crippen LogP contribution < -0.4 is 11.1 Å². The second-order valence-electron chi connectivity index (χ2n) is 6.82. The zero-order valence-electron chi connectivity index (χ0n) is 14.9. The summed E-state index contributed by atoms with van der Waals surface area (Å²) in [7, 11) is 0. The van der Waals surface area contributed by atoms with Crippen LogP contribution in [0.15, 0.2) is 33.5 Å². The normalized spacial score (nSPS) is 18.5. The summed E-state index contributed by atoms with van der Waals surface area (Å²) in [5.74, 6) is -0.433. The standard InChI is InChI=1S/C19H27N3O3/c1-15-7-4-5-12-21(15)13-6-11-20-18(23)10-14-22-16-8-2-3-9-17(16)25-19(22)24/h2-3,8-9,15H,4-7,10-14H2,1H3,(H,20,23). The number of nitrogens with one attached hydrogen (secondary N) is 1. The van der Waals surface area contributed by atoms with Gasteiger partial charge in [-0.3, -0.25) is 9.36 Å². The lowest BCUT2D eigenvalue weighted by Crippen LogP contribution is -2.39. The number of para-hydroxylation sites is 2. The fourth-order valence-electron chi connectivity index (χ4n) is 3.53. The fraction of sp³-hybridized carbons (Fsp3) is 0.579. The van der Waals surface area contributed by atoms with Crippen molar-refractivity contribution in [3.8, 4) is 0 Å². The molecule has 1 aromatic carbocycles. The van der Waals surface area contributed by atoms with Crippen molar-refractivity contribution in [1.29, 1.82) is 0 Å². The molecule has 1 N–H and O–H groups in total. The summed E-state index contributed by atoms with van der Waals surface area (Å²) in [5, 5.41) is 2.96. The van der Waals surface area contributed by atoms with E-state index >= 15 is 0 Å². The molecule has 0 saturated carbocycles. The molecule has 1 aromatic heterocycles. The molecular formula is C19H27N3O3. The number of amides is 1. The highest BCUT2D eigenvalue weighted by Crippen LogP contribution is 2.16. The summed E-state index contributed by atoms with van der Waals surface area (Å²) < 4.78 is 6.70. The number of carbonyl (C=O) groups excluding carboxylic acids is 1. The number of aryl methyl sites for hydroxylation is 1. The monoisotopic (exact) mass is 345 g/mol. The second kappa shape index (κ2) is 8.34. The molecular weight excluding hydrogens is 318 g/mol. The maximum atomic E-state index is 12.0. The third-order valence-electron chi connectivity index (χ3n) is 5.02. The van der Waals surface area contributed by atoms with Crippen molar-refractivity contribution >= 4 is 17.0 Å². The molecule has 1 saturated heterocycles. The Morgan fingerprint density at radius 3 is 2.96 bits per heavy atom. The van der Waals surface area contributed by atoms with Gasteiger partial charge in [-0.15, -0.1) is 0 Å². The minimum Gasteiger partial charge on any atom is -0.408 e. The van der Waals surface area contributed by atoms with Crippen molar-refractivity contribution in [3.05, 3.63) is 34.8 Å². The average Bonchev–Trinajstić information content (AvgIpc) is 2.93. The van der Waals surface area contributed by atoms with E-state index < -0.39 is 5.76 Å². The number of aromatic nitrogens is 1. The Morgan fingerprint density at radius 1 is 1.28 bits per heavy atom.